The van der Waals surface area contributed by atoms with Crippen LogP contribution in [0.1, 0.15) is 0 Å². The van der Waals surface area contributed by atoms with E-state index in [0.717, 1.165) is 0 Å². The van der Waals surface area contributed by atoms with Crippen molar-refractivity contribution < 1.29 is 21.6 Å². The first-order valence-electron chi connectivity index (χ1n) is 1.51. The second-order valence-electron chi connectivity index (χ2n) is 1.01. The molecule has 0 aromatic heterocycles. The lowest BCUT2D eigenvalue weighted by Crippen LogP contribution is -2.20. The molecule has 0 radical (unpaired) electrons. The standard InChI is InChI=1S/CH2F3NO2S2/c2-1(3,4)9(6,7)8-5/h5,8H. The first-order chi connectivity index (χ1) is 3.81. The second-order valence-corrected chi connectivity index (χ2v) is 4.60. The summed E-state index contributed by atoms with van der Waals surface area (Å²) >= 11 is 0. The van der Waals surface area contributed by atoms with Crippen molar-refractivity contribution in [3.63, 3.8) is 0 Å². The lowest BCUT2D eigenvalue weighted by Gasteiger charge is -1.99. The number of alkyl halides is 3. The van der Waals surface area contributed by atoms with Gasteiger partial charge in [-0.2, -0.15) is 13.2 Å². The summed E-state index contributed by atoms with van der Waals surface area (Å²) in [5.41, 5.74) is -5.28. The van der Waals surface area contributed by atoms with E-state index in [4.69, 9.17) is 4.78 Å². The van der Waals surface area contributed by atoms with Gasteiger partial charge in [0.1, 0.15) is 0 Å². The van der Waals surface area contributed by atoms with E-state index in [1.165, 1.54) is 0 Å². The van der Waals surface area contributed by atoms with E-state index in [2.05, 4.69) is 0 Å². The van der Waals surface area contributed by atoms with Gasteiger partial charge in [0.05, 0.1) is 0 Å². The van der Waals surface area contributed by atoms with Crippen molar-refractivity contribution in [1.82, 2.24) is 0 Å². The van der Waals surface area contributed by atoms with Crippen molar-refractivity contribution in [3.8, 4) is 0 Å². The predicted octanol–water partition coefficient (Wildman–Crippen LogP) is 0.413. The highest BCUT2D eigenvalue weighted by molar-refractivity contribution is 8.57. The monoisotopic (exact) mass is 181 g/mol. The van der Waals surface area contributed by atoms with Crippen molar-refractivity contribution >= 4 is 19.5 Å². The van der Waals surface area contributed by atoms with Crippen molar-refractivity contribution in [2.24, 2.45) is 0 Å². The zero-order valence-electron chi connectivity index (χ0n) is 3.81. The van der Waals surface area contributed by atoms with Gasteiger partial charge in [0.15, 0.2) is 0 Å². The fraction of sp³-hybridized carbons (Fsp3) is 1.00. The molecule has 3 nitrogen and oxygen atoms in total. The van der Waals surface area contributed by atoms with E-state index in [1.54, 1.807) is 0 Å². The Morgan fingerprint density at radius 2 is 1.67 bits per heavy atom. The summed E-state index contributed by atoms with van der Waals surface area (Å²) in [7, 11) is -6.61. The lowest BCUT2D eigenvalue weighted by molar-refractivity contribution is -0.0410. The van der Waals surface area contributed by atoms with Crippen LogP contribution in [0.15, 0.2) is 0 Å². The summed E-state index contributed by atoms with van der Waals surface area (Å²) in [5, 5.41) is 0. The van der Waals surface area contributed by atoms with Gasteiger partial charge in [-0.1, -0.05) is 0 Å². The Morgan fingerprint density at radius 1 is 1.33 bits per heavy atom. The summed E-state index contributed by atoms with van der Waals surface area (Å²) in [4.78, 5) is 0. The lowest BCUT2D eigenvalue weighted by atomic mass is 11.6. The molecule has 0 saturated carbocycles. The van der Waals surface area contributed by atoms with Crippen LogP contribution in [0.4, 0.5) is 13.2 Å². The average Bonchev–Trinajstić information content (AvgIpc) is 1.64. The molecule has 0 saturated heterocycles. The molecule has 56 valence electrons. The zero-order chi connectivity index (χ0) is 7.71. The third-order valence-corrected chi connectivity index (χ3v) is 2.58. The Bertz CT molecular complexity index is 202. The van der Waals surface area contributed by atoms with Crippen LogP contribution in [-0.2, 0) is 19.5 Å². The minimum Gasteiger partial charge on any atom is -0.268 e. The van der Waals surface area contributed by atoms with Gasteiger partial charge in [0.2, 0.25) is 0 Å². The van der Waals surface area contributed by atoms with Gasteiger partial charge in [0.25, 0.3) is 0 Å². The molecule has 0 aliphatic heterocycles. The molecular weight excluding hydrogens is 179 g/mol. The Balaban J connectivity index is 4.79. The quantitative estimate of drug-likeness (QED) is 0.454. The molecule has 0 aliphatic carbocycles. The van der Waals surface area contributed by atoms with Gasteiger partial charge in [-0.25, -0.2) is 8.42 Å². The molecule has 0 aromatic rings. The van der Waals surface area contributed by atoms with Crippen molar-refractivity contribution in [3.05, 3.63) is 0 Å². The molecule has 0 amide bonds. The Kier molecular flexibility index (Phi) is 2.23. The normalized spacial score (nSPS) is 13.7. The second kappa shape index (κ2) is 2.25. The number of nitrogens with one attached hydrogen (secondary N) is 1. The van der Waals surface area contributed by atoms with Gasteiger partial charge in [0, 0.05) is 10.6 Å². The molecule has 8 heteroatoms. The number of rotatable bonds is 1. The van der Waals surface area contributed by atoms with Crippen LogP contribution in [0.25, 0.3) is 0 Å². The van der Waals surface area contributed by atoms with Gasteiger partial charge >= 0.3 is 14.4 Å². The van der Waals surface area contributed by atoms with Crippen LogP contribution in [0.3, 0.4) is 0 Å². The smallest absolute Gasteiger partial charge is 0.268 e. The van der Waals surface area contributed by atoms with Crippen LogP contribution in [-0.4, -0.2) is 13.9 Å². The number of hydrogen-bond acceptors (Lipinski definition) is 3. The average molecular weight is 181 g/mol. The van der Waals surface area contributed by atoms with E-state index in [-0.39, 0.29) is 0 Å². The number of hydrogen-bond donors (Lipinski definition) is 2. The zero-order valence-corrected chi connectivity index (χ0v) is 5.52. The van der Waals surface area contributed by atoms with Crippen molar-refractivity contribution in [2.45, 2.75) is 5.51 Å². The topological polar surface area (TPSA) is 58.0 Å². The van der Waals surface area contributed by atoms with Crippen LogP contribution < -0.4 is 0 Å². The van der Waals surface area contributed by atoms with Gasteiger partial charge in [-0.3, -0.25) is 4.78 Å². The fourth-order valence-electron chi connectivity index (χ4n) is 0.0518. The Morgan fingerprint density at radius 3 is 1.67 bits per heavy atom. The number of thiol groups is 1. The van der Waals surface area contributed by atoms with Gasteiger partial charge in [-0.15, -0.1) is 0 Å². The SMILES string of the molecule is N=[SH]S(=O)(=O)C(F)(F)F. The van der Waals surface area contributed by atoms with E-state index < -0.39 is 25.0 Å². The van der Waals surface area contributed by atoms with E-state index in [9.17, 15) is 21.6 Å². The third-order valence-electron chi connectivity index (χ3n) is 0.413. The Labute approximate surface area is 52.1 Å². The minimum atomic E-state index is -5.28. The van der Waals surface area contributed by atoms with Crippen molar-refractivity contribution in [1.29, 1.82) is 4.78 Å². The van der Waals surface area contributed by atoms with E-state index in [1.807, 2.05) is 0 Å². The van der Waals surface area contributed by atoms with E-state index >= 15 is 0 Å². The molecule has 0 aromatic carbocycles. The summed E-state index contributed by atoms with van der Waals surface area (Å²) in [5.74, 6) is 0. The fourth-order valence-corrected chi connectivity index (χ4v) is 0.466. The predicted molar refractivity (Wildman–Crippen MR) is 26.5 cm³/mol. The first kappa shape index (κ1) is 8.89. The van der Waals surface area contributed by atoms with Crippen LogP contribution >= 0.6 is 0 Å². The largest absolute Gasteiger partial charge is 0.507 e. The highest BCUT2D eigenvalue weighted by Crippen LogP contribution is 2.22. The highest BCUT2D eigenvalue weighted by atomic mass is 33.1. The summed E-state index contributed by atoms with van der Waals surface area (Å²) in [6, 6.07) is 0. The summed E-state index contributed by atoms with van der Waals surface area (Å²) in [6.07, 6.45) is 0. The molecule has 0 heterocycles. The van der Waals surface area contributed by atoms with Crippen LogP contribution in [0, 0.1) is 4.78 Å². The Hall–Kier alpha value is -0.110. The van der Waals surface area contributed by atoms with Gasteiger partial charge < -0.3 is 0 Å². The molecule has 0 bridgehead atoms. The third kappa shape index (κ3) is 1.94. The molecule has 0 rings (SSSR count). The molecule has 0 unspecified atom stereocenters. The van der Waals surface area contributed by atoms with Crippen molar-refractivity contribution in [2.75, 3.05) is 0 Å². The maximum Gasteiger partial charge on any atom is 0.507 e. The minimum absolute atomic E-state index is 1.42. The van der Waals surface area contributed by atoms with Gasteiger partial charge in [-0.05, 0) is 0 Å². The summed E-state index contributed by atoms with van der Waals surface area (Å²) in [6.45, 7) is 0. The molecular formula is CH2F3NO2S2. The van der Waals surface area contributed by atoms with E-state index in [0.29, 0.717) is 0 Å². The molecule has 0 aliphatic rings. The first-order valence-corrected chi connectivity index (χ1v) is 4.49. The molecule has 9 heavy (non-hydrogen) atoms. The highest BCUT2D eigenvalue weighted by Gasteiger charge is 2.44. The molecule has 0 fully saturated rings. The van der Waals surface area contributed by atoms with Crippen LogP contribution in [0.2, 0.25) is 0 Å². The molecule has 0 atom stereocenters. The maximum atomic E-state index is 11.1. The molecule has 0 spiro atoms. The van der Waals surface area contributed by atoms with Crippen LogP contribution in [0.5, 0.6) is 0 Å². The summed E-state index contributed by atoms with van der Waals surface area (Å²) < 4.78 is 58.7. The molecule has 1 N–H and O–H groups in total. The maximum absolute atomic E-state index is 11.1. The number of halogens is 3.